The number of benzene rings is 3. The minimum Gasteiger partial charge on any atom is -0.419 e. The average molecular weight is 584 g/mol. The summed E-state index contributed by atoms with van der Waals surface area (Å²) in [6.07, 6.45) is 1.82. The lowest BCUT2D eigenvalue weighted by Crippen LogP contribution is -2.81. The molecule has 4 aromatic rings. The molecule has 0 saturated heterocycles. The zero-order valence-corrected chi connectivity index (χ0v) is 21.2. The third kappa shape index (κ3) is 4.24. The molecule has 0 spiro atoms. The van der Waals surface area contributed by atoms with Crippen LogP contribution < -0.4 is 15.4 Å². The number of hydrogen-bond donors (Lipinski definition) is 0. The number of aryl methyl sites for hydroxylation is 1. The van der Waals surface area contributed by atoms with Crippen LogP contribution >= 0.6 is 0 Å². The number of nitrogens with zero attached hydrogens (tertiary/aromatic N) is 2. The molecular formula is C28H19BF10N2. The van der Waals surface area contributed by atoms with Crippen molar-refractivity contribution in [3.63, 3.8) is 0 Å². The fraction of sp³-hybridized carbons (Fsp3) is 0.179. The van der Waals surface area contributed by atoms with E-state index in [2.05, 4.69) is 0 Å². The minimum absolute atomic E-state index is 0.0251. The van der Waals surface area contributed by atoms with E-state index in [1.54, 1.807) is 18.2 Å². The molecule has 0 bridgehead atoms. The van der Waals surface area contributed by atoms with E-state index >= 15 is 17.6 Å². The van der Waals surface area contributed by atoms with Gasteiger partial charge < -0.3 is 4.48 Å². The maximum atomic E-state index is 15.7. The van der Waals surface area contributed by atoms with Crippen LogP contribution in [0.15, 0.2) is 54.4 Å². The summed E-state index contributed by atoms with van der Waals surface area (Å²) in [5, 5.41) is 0. The average Bonchev–Trinajstić information content (AvgIpc) is 3.61. The molecule has 1 heterocycles. The molecule has 5 rings (SSSR count). The monoisotopic (exact) mass is 584 g/mol. The third-order valence-corrected chi connectivity index (χ3v) is 7.69. The van der Waals surface area contributed by atoms with E-state index in [-0.39, 0.29) is 23.9 Å². The Morgan fingerprint density at radius 2 is 1.20 bits per heavy atom. The first-order valence-corrected chi connectivity index (χ1v) is 12.5. The van der Waals surface area contributed by atoms with Crippen LogP contribution in [0.1, 0.15) is 19.3 Å². The van der Waals surface area contributed by atoms with Gasteiger partial charge in [-0.1, -0.05) is 53.3 Å². The van der Waals surface area contributed by atoms with Crippen LogP contribution in [0.25, 0.3) is 11.0 Å². The van der Waals surface area contributed by atoms with Crippen molar-refractivity contribution < 1.29 is 48.4 Å². The van der Waals surface area contributed by atoms with Crippen molar-refractivity contribution in [3.05, 3.63) is 113 Å². The number of para-hydroxylation sites is 2. The highest BCUT2D eigenvalue weighted by Gasteiger charge is 2.49. The maximum Gasteiger partial charge on any atom is 0.256 e. The quantitative estimate of drug-likeness (QED) is 0.107. The number of aromatic nitrogens is 2. The molecule has 0 N–H and O–H groups in total. The van der Waals surface area contributed by atoms with E-state index in [0.717, 1.165) is 10.8 Å². The highest BCUT2D eigenvalue weighted by atomic mass is 19.2. The summed E-state index contributed by atoms with van der Waals surface area (Å²) in [5.74, 6) is -24.6. The summed E-state index contributed by atoms with van der Waals surface area (Å²) >= 11 is 0. The predicted molar refractivity (Wildman–Crippen MR) is 132 cm³/mol. The number of rotatable bonds is 7. The number of hydrogen-bond acceptors (Lipinski definition) is 0. The highest BCUT2D eigenvalue weighted by Crippen LogP contribution is 2.29. The lowest BCUT2D eigenvalue weighted by molar-refractivity contribution is -0.514. The molecule has 1 aliphatic carbocycles. The van der Waals surface area contributed by atoms with Gasteiger partial charge in [-0.2, -0.15) is 0 Å². The van der Waals surface area contributed by atoms with Crippen molar-refractivity contribution in [1.82, 2.24) is 4.57 Å². The summed E-state index contributed by atoms with van der Waals surface area (Å²) in [5.41, 5.74) is -2.47. The Labute approximate surface area is 226 Å². The Balaban J connectivity index is 1.99. The van der Waals surface area contributed by atoms with Gasteiger partial charge in [-0.25, -0.2) is 48.5 Å². The summed E-state index contributed by atoms with van der Waals surface area (Å²) in [6, 6.07) is 5.77. The van der Waals surface area contributed by atoms with Crippen LogP contribution in [0.5, 0.6) is 0 Å². The van der Waals surface area contributed by atoms with E-state index in [4.69, 9.17) is 0 Å². The van der Waals surface area contributed by atoms with Gasteiger partial charge in [0, 0.05) is 0 Å². The van der Waals surface area contributed by atoms with Crippen molar-refractivity contribution >= 4 is 28.2 Å². The zero-order valence-electron chi connectivity index (χ0n) is 21.2. The molecule has 1 aromatic heterocycles. The van der Waals surface area contributed by atoms with Gasteiger partial charge in [-0.15, -0.1) is 6.32 Å². The number of imidazole rings is 1. The second-order valence-corrected chi connectivity index (χ2v) is 9.89. The normalized spacial score (nSPS) is 13.5. The van der Waals surface area contributed by atoms with Gasteiger partial charge in [0.1, 0.15) is 28.8 Å². The number of halogens is 10. The van der Waals surface area contributed by atoms with E-state index in [1.807, 2.05) is 0 Å². The summed E-state index contributed by atoms with van der Waals surface area (Å²) < 4.78 is 152. The van der Waals surface area contributed by atoms with E-state index in [9.17, 15) is 26.3 Å². The van der Waals surface area contributed by atoms with Crippen LogP contribution in [0.3, 0.4) is 0 Å². The third-order valence-electron chi connectivity index (χ3n) is 7.69. The van der Waals surface area contributed by atoms with Gasteiger partial charge in [0.05, 0.1) is 7.05 Å². The molecule has 1 aliphatic rings. The second kappa shape index (κ2) is 10.4. The van der Waals surface area contributed by atoms with E-state index < -0.39 is 81.7 Å². The van der Waals surface area contributed by atoms with Crippen molar-refractivity contribution in [2.75, 3.05) is 0 Å². The van der Waals surface area contributed by atoms with Crippen LogP contribution in [0, 0.1) is 58.2 Å². The summed E-state index contributed by atoms with van der Waals surface area (Å²) in [4.78, 5) is 0. The Bertz CT molecular complexity index is 1650. The molecule has 3 aromatic carbocycles. The number of allylic oxidation sites excluding steroid dienone is 4. The molecule has 2 nitrogen and oxygen atoms in total. The Morgan fingerprint density at radius 3 is 1.68 bits per heavy atom. The lowest BCUT2D eigenvalue weighted by atomic mass is 9.24. The molecule has 0 amide bonds. The summed E-state index contributed by atoms with van der Waals surface area (Å²) in [7, 11) is 1.42. The Kier molecular flexibility index (Phi) is 7.25. The SMILES string of the molecule is Cn1c[n+]([B-](CCCC2=CCC=C2)(c2c(F)c(F)c(F)c(F)c2F)c2c(F)c(F)c(F)c(F)c2F)c2ccccc21. The van der Waals surface area contributed by atoms with Gasteiger partial charge in [0.25, 0.3) is 6.28 Å². The second-order valence-electron chi connectivity index (χ2n) is 9.89. The standard InChI is InChI=1S/C28H19BF10N2/c1-40-13-41(16-11-5-4-10-15(16)40)29(12-6-9-14-7-2-3-8-14,17-19(30)23(34)27(38)24(35)20(17)31)18-21(32)25(36)28(39)26(37)22(18)33/h2,4-5,7-8,10-11,13H,3,6,9,12H2,1H3. The van der Waals surface area contributed by atoms with Crippen LogP contribution in [-0.2, 0) is 7.05 Å². The van der Waals surface area contributed by atoms with Crippen LogP contribution in [-0.4, -0.2) is 10.8 Å². The predicted octanol–water partition coefficient (Wildman–Crippen LogP) is 6.13. The summed E-state index contributed by atoms with van der Waals surface area (Å²) in [6.45, 7) is 0. The molecule has 214 valence electrons. The molecule has 0 radical (unpaired) electrons. The van der Waals surface area contributed by atoms with Gasteiger partial charge >= 0.3 is 0 Å². The van der Waals surface area contributed by atoms with E-state index in [1.165, 1.54) is 35.9 Å². The first kappa shape index (κ1) is 28.5. The molecule has 0 atom stereocenters. The first-order valence-electron chi connectivity index (χ1n) is 12.5. The van der Waals surface area contributed by atoms with Crippen molar-refractivity contribution in [2.24, 2.45) is 7.05 Å². The lowest BCUT2D eigenvalue weighted by Gasteiger charge is -2.40. The smallest absolute Gasteiger partial charge is 0.256 e. The van der Waals surface area contributed by atoms with Gasteiger partial charge in [0.2, 0.25) is 0 Å². The van der Waals surface area contributed by atoms with Crippen LogP contribution in [0.2, 0.25) is 6.32 Å². The molecule has 0 unspecified atom stereocenters. The fourth-order valence-corrected chi connectivity index (χ4v) is 5.87. The highest BCUT2D eigenvalue weighted by molar-refractivity contribution is 6.96. The zero-order chi connectivity index (χ0) is 29.8. The molecule has 0 fully saturated rings. The Morgan fingerprint density at radius 1 is 0.707 bits per heavy atom. The van der Waals surface area contributed by atoms with Crippen LogP contribution in [0.4, 0.5) is 43.9 Å². The van der Waals surface area contributed by atoms with E-state index in [0.29, 0.717) is 12.0 Å². The molecule has 13 heteroatoms. The molecule has 0 aliphatic heterocycles. The maximum absolute atomic E-state index is 15.7. The number of fused-ring (bicyclic) bond motifs is 1. The van der Waals surface area contributed by atoms with Gasteiger partial charge in [-0.05, 0) is 25.0 Å². The van der Waals surface area contributed by atoms with Gasteiger partial charge in [-0.3, -0.25) is 0 Å². The van der Waals surface area contributed by atoms with Gasteiger partial charge in [0.15, 0.2) is 46.7 Å². The van der Waals surface area contributed by atoms with Crippen molar-refractivity contribution in [2.45, 2.75) is 25.6 Å². The van der Waals surface area contributed by atoms with Crippen molar-refractivity contribution in [3.8, 4) is 0 Å². The largest absolute Gasteiger partial charge is 0.419 e. The Hall–Kier alpha value is -4.03. The minimum atomic E-state index is -4.18. The van der Waals surface area contributed by atoms with Crippen molar-refractivity contribution in [1.29, 1.82) is 0 Å². The molecule has 41 heavy (non-hydrogen) atoms. The molecule has 0 saturated carbocycles. The topological polar surface area (TPSA) is 8.81 Å². The first-order chi connectivity index (χ1) is 19.4. The fourth-order valence-electron chi connectivity index (χ4n) is 5.87. The molecular weight excluding hydrogens is 565 g/mol.